The first-order valence-corrected chi connectivity index (χ1v) is 15.3. The van der Waals surface area contributed by atoms with Crippen LogP contribution in [0.5, 0.6) is 0 Å². The van der Waals surface area contributed by atoms with Crippen molar-refractivity contribution >= 4 is 17.7 Å². The first-order valence-electron chi connectivity index (χ1n) is 14.9. The minimum Gasteiger partial charge on any atom is -0.377 e. The number of aromatic nitrogens is 2. The second-order valence-corrected chi connectivity index (χ2v) is 9.70. The Morgan fingerprint density at radius 1 is 1.02 bits per heavy atom. The number of allylic oxidation sites excluding steroid dienone is 10. The van der Waals surface area contributed by atoms with Crippen molar-refractivity contribution in [2.45, 2.75) is 86.7 Å². The molecule has 2 aliphatic rings. The number of aryl methyl sites for hydroxylation is 2. The molecule has 0 radical (unpaired) electrons. The first kappa shape index (κ1) is 35.1. The minimum atomic E-state index is 0.233. The average molecular weight is 563 g/mol. The molecular formula is C36H51ClN2O. The monoisotopic (exact) mass is 562 g/mol. The van der Waals surface area contributed by atoms with Crippen LogP contribution in [0.3, 0.4) is 0 Å². The summed E-state index contributed by atoms with van der Waals surface area (Å²) >= 11 is 6.45. The summed E-state index contributed by atoms with van der Waals surface area (Å²) in [5.41, 5.74) is 6.93. The molecule has 0 saturated heterocycles. The summed E-state index contributed by atoms with van der Waals surface area (Å²) in [6.45, 7) is 14.3. The molecule has 4 rings (SSSR count). The van der Waals surface area contributed by atoms with Crippen molar-refractivity contribution < 1.29 is 4.74 Å². The predicted octanol–water partition coefficient (Wildman–Crippen LogP) is 11.0. The van der Waals surface area contributed by atoms with E-state index in [-0.39, 0.29) is 6.10 Å². The fraction of sp³-hybridized carbons (Fsp3) is 0.417. The van der Waals surface area contributed by atoms with E-state index >= 15 is 0 Å². The molecule has 2 aromatic rings. The van der Waals surface area contributed by atoms with E-state index in [4.69, 9.17) is 21.3 Å². The number of nitrogens with zero attached hydrogens (tertiary/aromatic N) is 2. The third kappa shape index (κ3) is 11.3. The van der Waals surface area contributed by atoms with Crippen LogP contribution in [0.1, 0.15) is 85.0 Å². The maximum Gasteiger partial charge on any atom is 0.133 e. The standard InChI is InChI=1S/C29H31ClN2O.C3H8.2C2H6/c1-21-13-17-26(27(30)19-21)28-20-32(2)29(31-28)18-15-22-7-4-8-24(16-14-22)23-9-5-11-25(33-3)12-6-10-23;1-3-2;2*1-2/h4-5,7,10-11,13-20,25H,6,8-9,12H2,1-3H3;3H2,1-2H3;2*1-2H3/b11-5-,18-15+,23-10+;;;. The zero-order chi connectivity index (χ0) is 29.9. The molecule has 40 heavy (non-hydrogen) atoms. The average Bonchev–Trinajstić information content (AvgIpc) is 3.15. The normalized spacial score (nSPS) is 18.6. The van der Waals surface area contributed by atoms with Crippen LogP contribution >= 0.6 is 11.6 Å². The van der Waals surface area contributed by atoms with E-state index in [9.17, 15) is 0 Å². The van der Waals surface area contributed by atoms with Gasteiger partial charge in [-0.15, -0.1) is 0 Å². The molecule has 0 N–H and O–H groups in total. The quantitative estimate of drug-likeness (QED) is 0.339. The highest BCUT2D eigenvalue weighted by molar-refractivity contribution is 6.33. The lowest BCUT2D eigenvalue weighted by Gasteiger charge is -2.15. The van der Waals surface area contributed by atoms with Crippen LogP contribution < -0.4 is 0 Å². The second-order valence-electron chi connectivity index (χ2n) is 9.30. The lowest BCUT2D eigenvalue weighted by molar-refractivity contribution is 0.134. The highest BCUT2D eigenvalue weighted by Gasteiger charge is 2.11. The molecule has 0 spiro atoms. The summed E-state index contributed by atoms with van der Waals surface area (Å²) < 4.78 is 7.51. The van der Waals surface area contributed by atoms with Gasteiger partial charge in [0.1, 0.15) is 5.82 Å². The summed E-state index contributed by atoms with van der Waals surface area (Å²) in [5.74, 6) is 0.893. The SMILES string of the molecule is CC.CC.CCC.COC1/C=C\C/C(C2=CC=C(/C=C/c3nc(-c4ccc(C)cc4Cl)cn3C)C=CC2)=C\CC1. The summed E-state index contributed by atoms with van der Waals surface area (Å²) in [6.07, 6.45) is 27.3. The molecule has 1 heterocycles. The van der Waals surface area contributed by atoms with Crippen molar-refractivity contribution in [3.63, 3.8) is 0 Å². The summed E-state index contributed by atoms with van der Waals surface area (Å²) in [7, 11) is 3.79. The largest absolute Gasteiger partial charge is 0.377 e. The third-order valence-corrected chi connectivity index (χ3v) is 6.42. The Kier molecular flexibility index (Phi) is 17.6. The van der Waals surface area contributed by atoms with E-state index in [1.54, 1.807) is 7.11 Å². The maximum absolute atomic E-state index is 6.45. The number of benzene rings is 1. The number of ether oxygens (including phenoxy) is 1. The van der Waals surface area contributed by atoms with Crippen molar-refractivity contribution in [1.82, 2.24) is 9.55 Å². The van der Waals surface area contributed by atoms with Gasteiger partial charge in [-0.05, 0) is 67.0 Å². The highest BCUT2D eigenvalue weighted by Crippen LogP contribution is 2.29. The van der Waals surface area contributed by atoms with Crippen LogP contribution in [0.25, 0.3) is 17.3 Å². The molecule has 0 fully saturated rings. The molecule has 1 atom stereocenters. The number of halogens is 1. The molecule has 0 saturated carbocycles. The van der Waals surface area contributed by atoms with Gasteiger partial charge in [-0.3, -0.25) is 0 Å². The zero-order valence-corrected chi connectivity index (χ0v) is 27.1. The molecule has 0 bridgehead atoms. The molecule has 1 aromatic carbocycles. The van der Waals surface area contributed by atoms with Crippen LogP contribution in [-0.2, 0) is 11.8 Å². The molecule has 4 heteroatoms. The third-order valence-electron chi connectivity index (χ3n) is 6.11. The fourth-order valence-corrected chi connectivity index (χ4v) is 4.49. The Morgan fingerprint density at radius 3 is 2.40 bits per heavy atom. The van der Waals surface area contributed by atoms with Gasteiger partial charge in [0.15, 0.2) is 0 Å². The van der Waals surface area contributed by atoms with Crippen molar-refractivity contribution in [2.24, 2.45) is 7.05 Å². The molecule has 1 unspecified atom stereocenters. The Morgan fingerprint density at radius 2 is 1.73 bits per heavy atom. The van der Waals surface area contributed by atoms with Crippen molar-refractivity contribution in [1.29, 1.82) is 0 Å². The Bertz CT molecular complexity index is 1210. The Hall–Kier alpha value is -2.88. The first-order chi connectivity index (χ1) is 19.4. The van der Waals surface area contributed by atoms with Crippen LogP contribution in [0, 0.1) is 6.92 Å². The molecule has 0 amide bonds. The van der Waals surface area contributed by atoms with E-state index < -0.39 is 0 Å². The number of rotatable bonds is 5. The molecule has 218 valence electrons. The maximum atomic E-state index is 6.45. The second kappa shape index (κ2) is 20.1. The zero-order valence-electron chi connectivity index (χ0n) is 26.3. The van der Waals surface area contributed by atoms with Gasteiger partial charge in [0.2, 0.25) is 0 Å². The van der Waals surface area contributed by atoms with Crippen LogP contribution in [-0.4, -0.2) is 22.8 Å². The van der Waals surface area contributed by atoms with E-state index in [1.807, 2.05) is 64.6 Å². The number of imidazole rings is 1. The molecule has 3 nitrogen and oxygen atoms in total. The van der Waals surface area contributed by atoms with E-state index in [0.717, 1.165) is 58.9 Å². The summed E-state index contributed by atoms with van der Waals surface area (Å²) in [6, 6.07) is 6.07. The van der Waals surface area contributed by atoms with Crippen LogP contribution in [0.4, 0.5) is 0 Å². The van der Waals surface area contributed by atoms with Gasteiger partial charge < -0.3 is 9.30 Å². The van der Waals surface area contributed by atoms with Crippen LogP contribution in [0.2, 0.25) is 5.02 Å². The Labute approximate surface area is 249 Å². The molecule has 2 aliphatic carbocycles. The smallest absolute Gasteiger partial charge is 0.133 e. The fourth-order valence-electron chi connectivity index (χ4n) is 4.16. The van der Waals surface area contributed by atoms with Crippen molar-refractivity contribution in [3.05, 3.63) is 106 Å². The molecular weight excluding hydrogens is 512 g/mol. The van der Waals surface area contributed by atoms with Gasteiger partial charge >= 0.3 is 0 Å². The van der Waals surface area contributed by atoms with Gasteiger partial charge in [0.25, 0.3) is 0 Å². The van der Waals surface area contributed by atoms with Crippen molar-refractivity contribution in [2.75, 3.05) is 7.11 Å². The number of hydrogen-bond donors (Lipinski definition) is 0. The van der Waals surface area contributed by atoms with Crippen LogP contribution in [0.15, 0.2) is 89.7 Å². The number of methoxy groups -OCH3 is 1. The van der Waals surface area contributed by atoms with E-state index in [2.05, 4.69) is 74.6 Å². The van der Waals surface area contributed by atoms with Crippen molar-refractivity contribution in [3.8, 4) is 11.3 Å². The van der Waals surface area contributed by atoms with E-state index in [1.165, 1.54) is 17.6 Å². The lowest BCUT2D eigenvalue weighted by Crippen LogP contribution is -2.07. The molecule has 0 aliphatic heterocycles. The van der Waals surface area contributed by atoms with Gasteiger partial charge in [0, 0.05) is 25.9 Å². The summed E-state index contributed by atoms with van der Waals surface area (Å²) in [5, 5.41) is 0.729. The Balaban J connectivity index is 0.00000105. The van der Waals surface area contributed by atoms with E-state index in [0.29, 0.717) is 0 Å². The highest BCUT2D eigenvalue weighted by atomic mass is 35.5. The lowest BCUT2D eigenvalue weighted by atomic mass is 9.95. The minimum absolute atomic E-state index is 0.233. The number of hydrogen-bond acceptors (Lipinski definition) is 2. The van der Waals surface area contributed by atoms with Gasteiger partial charge in [-0.25, -0.2) is 4.98 Å². The van der Waals surface area contributed by atoms with Gasteiger partial charge in [-0.2, -0.15) is 0 Å². The topological polar surface area (TPSA) is 27.1 Å². The predicted molar refractivity (Wildman–Crippen MR) is 178 cm³/mol. The summed E-state index contributed by atoms with van der Waals surface area (Å²) in [4.78, 5) is 4.80. The van der Waals surface area contributed by atoms with Gasteiger partial charge in [0.05, 0.1) is 16.8 Å². The van der Waals surface area contributed by atoms with Gasteiger partial charge in [-0.1, -0.05) is 120 Å². The molecule has 1 aromatic heterocycles.